The Hall–Kier alpha value is -2.04. The van der Waals surface area contributed by atoms with Crippen LogP contribution in [0.5, 0.6) is 5.75 Å². The van der Waals surface area contributed by atoms with E-state index in [9.17, 15) is 18.0 Å². The second-order valence-corrected chi connectivity index (χ2v) is 9.72. The number of hydrogen-bond acceptors (Lipinski definition) is 5. The topological polar surface area (TPSA) is 103 Å². The summed E-state index contributed by atoms with van der Waals surface area (Å²) in [5.41, 5.74) is 0.536. The monoisotopic (exact) mass is 503 g/mol. The van der Waals surface area contributed by atoms with Crippen molar-refractivity contribution < 1.29 is 13.2 Å². The molecule has 0 amide bonds. The van der Waals surface area contributed by atoms with Crippen LogP contribution in [-0.2, 0) is 22.6 Å². The lowest BCUT2D eigenvalue weighted by Crippen LogP contribution is -2.38. The number of aryl methyl sites for hydroxylation is 1. The Morgan fingerprint density at radius 2 is 1.93 bits per heavy atom. The summed E-state index contributed by atoms with van der Waals surface area (Å²) >= 11 is 3.49. The number of fused-ring (bicyclic) bond motifs is 1. The molecule has 3 rings (SSSR count). The Labute approximate surface area is 179 Å². The number of hydrogen-bond donors (Lipinski definition) is 1. The fourth-order valence-corrected chi connectivity index (χ4v) is 4.66. The number of halogens is 2. The molecule has 0 bridgehead atoms. The zero-order valence-corrected chi connectivity index (χ0v) is 19.1. The molecule has 0 unspecified atom stereocenters. The van der Waals surface area contributed by atoms with E-state index in [1.54, 1.807) is 6.92 Å². The SMILES string of the molecule is CCCn1c(=O)n(C)c(=O)c2[nH]c(-c3cc(S(=O)(=O)Cl)ccc3OCC)c(Br)c21. The first-order valence-electron chi connectivity index (χ1n) is 8.84. The van der Waals surface area contributed by atoms with Crippen molar-refractivity contribution >= 4 is 46.7 Å². The van der Waals surface area contributed by atoms with Crippen molar-refractivity contribution in [1.29, 1.82) is 0 Å². The Morgan fingerprint density at radius 3 is 2.52 bits per heavy atom. The van der Waals surface area contributed by atoms with Crippen molar-refractivity contribution in [2.24, 2.45) is 7.05 Å². The van der Waals surface area contributed by atoms with Gasteiger partial charge in [-0.2, -0.15) is 0 Å². The van der Waals surface area contributed by atoms with Gasteiger partial charge in [0, 0.05) is 29.8 Å². The Balaban J connectivity index is 2.44. The highest BCUT2D eigenvalue weighted by Crippen LogP contribution is 2.39. The van der Waals surface area contributed by atoms with Crippen LogP contribution in [0, 0.1) is 0 Å². The minimum atomic E-state index is -3.98. The summed E-state index contributed by atoms with van der Waals surface area (Å²) in [4.78, 5) is 28.2. The van der Waals surface area contributed by atoms with Gasteiger partial charge >= 0.3 is 5.69 Å². The zero-order chi connectivity index (χ0) is 21.5. The molecule has 11 heteroatoms. The van der Waals surface area contributed by atoms with Gasteiger partial charge in [-0.15, -0.1) is 0 Å². The molecule has 3 aromatic rings. The van der Waals surface area contributed by atoms with E-state index < -0.39 is 20.3 Å². The van der Waals surface area contributed by atoms with Gasteiger partial charge in [-0.3, -0.25) is 13.9 Å². The minimum Gasteiger partial charge on any atom is -0.493 e. The zero-order valence-electron chi connectivity index (χ0n) is 16.0. The number of aromatic nitrogens is 3. The highest BCUT2D eigenvalue weighted by molar-refractivity contribution is 9.10. The number of nitrogens with one attached hydrogen (secondary N) is 1. The molecule has 0 fully saturated rings. The maximum Gasteiger partial charge on any atom is 0.331 e. The van der Waals surface area contributed by atoms with Gasteiger partial charge in [0.15, 0.2) is 0 Å². The first-order valence-corrected chi connectivity index (χ1v) is 11.9. The molecule has 8 nitrogen and oxygen atoms in total. The molecular formula is C18H19BrClN3O5S. The summed E-state index contributed by atoms with van der Waals surface area (Å²) in [7, 11) is 2.94. The van der Waals surface area contributed by atoms with Gasteiger partial charge in [-0.05, 0) is 47.5 Å². The van der Waals surface area contributed by atoms with E-state index in [1.807, 2.05) is 6.92 Å². The summed E-state index contributed by atoms with van der Waals surface area (Å²) in [6.07, 6.45) is 0.685. The molecule has 29 heavy (non-hydrogen) atoms. The van der Waals surface area contributed by atoms with Crippen molar-refractivity contribution in [3.63, 3.8) is 0 Å². The van der Waals surface area contributed by atoms with Crippen LogP contribution >= 0.6 is 26.6 Å². The highest BCUT2D eigenvalue weighted by Gasteiger charge is 2.23. The molecule has 0 aliphatic heterocycles. The highest BCUT2D eigenvalue weighted by atomic mass is 79.9. The summed E-state index contributed by atoms with van der Waals surface area (Å²) in [5, 5.41) is 0. The normalized spacial score (nSPS) is 11.9. The first-order chi connectivity index (χ1) is 13.6. The summed E-state index contributed by atoms with van der Waals surface area (Å²) < 4.78 is 32.3. The van der Waals surface area contributed by atoms with Crippen molar-refractivity contribution in [2.75, 3.05) is 6.61 Å². The van der Waals surface area contributed by atoms with E-state index in [1.165, 1.54) is 29.8 Å². The summed E-state index contributed by atoms with van der Waals surface area (Å²) in [6, 6.07) is 4.22. The second-order valence-electron chi connectivity index (χ2n) is 6.36. The van der Waals surface area contributed by atoms with Gasteiger partial charge < -0.3 is 9.72 Å². The fraction of sp³-hybridized carbons (Fsp3) is 0.333. The van der Waals surface area contributed by atoms with Crippen molar-refractivity contribution in [2.45, 2.75) is 31.7 Å². The van der Waals surface area contributed by atoms with Gasteiger partial charge in [-0.1, -0.05) is 6.92 Å². The van der Waals surface area contributed by atoms with Crippen LogP contribution in [0.3, 0.4) is 0 Å². The van der Waals surface area contributed by atoms with E-state index >= 15 is 0 Å². The Kier molecular flexibility index (Phi) is 5.98. The number of nitrogens with zero attached hydrogens (tertiary/aromatic N) is 2. The molecule has 156 valence electrons. The lowest BCUT2D eigenvalue weighted by atomic mass is 10.1. The van der Waals surface area contributed by atoms with Crippen LogP contribution in [0.4, 0.5) is 0 Å². The van der Waals surface area contributed by atoms with Crippen molar-refractivity contribution in [3.05, 3.63) is 43.5 Å². The third kappa shape index (κ3) is 3.76. The Morgan fingerprint density at radius 1 is 1.24 bits per heavy atom. The molecule has 0 radical (unpaired) electrons. The lowest BCUT2D eigenvalue weighted by Gasteiger charge is -2.11. The molecule has 1 aromatic carbocycles. The van der Waals surface area contributed by atoms with Crippen LogP contribution < -0.4 is 16.0 Å². The van der Waals surface area contributed by atoms with Crippen molar-refractivity contribution in [3.8, 4) is 17.0 Å². The quantitative estimate of drug-likeness (QED) is 0.519. The number of benzene rings is 1. The molecule has 0 atom stereocenters. The maximum absolute atomic E-state index is 12.7. The minimum absolute atomic E-state index is 0.109. The standard InChI is InChI=1S/C18H19BrClN3O5S/c1-4-8-23-16-13(19)14(21-15(16)17(24)22(3)18(23)25)11-9-10(29(20,26)27)6-7-12(11)28-5-2/h6-7,9,21H,4-5,8H2,1-3H3. The first kappa shape index (κ1) is 21.7. The molecule has 2 heterocycles. The van der Waals surface area contributed by atoms with Gasteiger partial charge in [-0.25, -0.2) is 13.2 Å². The fourth-order valence-electron chi connectivity index (χ4n) is 3.16. The number of aromatic amines is 1. The largest absolute Gasteiger partial charge is 0.493 e. The maximum atomic E-state index is 12.7. The van der Waals surface area contributed by atoms with E-state index in [0.717, 1.165) is 4.57 Å². The molecule has 0 saturated carbocycles. The van der Waals surface area contributed by atoms with Gasteiger partial charge in [0.05, 0.1) is 27.2 Å². The van der Waals surface area contributed by atoms with Gasteiger partial charge in [0.25, 0.3) is 14.6 Å². The van der Waals surface area contributed by atoms with E-state index in [0.29, 0.717) is 46.6 Å². The third-order valence-corrected chi connectivity index (χ3v) is 6.59. The number of ether oxygens (including phenoxy) is 1. The number of H-pyrrole nitrogens is 1. The predicted molar refractivity (Wildman–Crippen MR) is 115 cm³/mol. The van der Waals surface area contributed by atoms with Crippen molar-refractivity contribution in [1.82, 2.24) is 14.1 Å². The number of rotatable bonds is 6. The van der Waals surface area contributed by atoms with E-state index in [2.05, 4.69) is 20.9 Å². The van der Waals surface area contributed by atoms with Gasteiger partial charge in [0.2, 0.25) is 0 Å². The lowest BCUT2D eigenvalue weighted by molar-refractivity contribution is 0.341. The average molecular weight is 505 g/mol. The van der Waals surface area contributed by atoms with Crippen LogP contribution in [-0.4, -0.2) is 29.1 Å². The van der Waals surface area contributed by atoms with Crippen LogP contribution in [0.1, 0.15) is 20.3 Å². The van der Waals surface area contributed by atoms with E-state index in [-0.39, 0.29) is 10.4 Å². The third-order valence-electron chi connectivity index (χ3n) is 4.47. The van der Waals surface area contributed by atoms with E-state index in [4.69, 9.17) is 15.4 Å². The van der Waals surface area contributed by atoms with Crippen LogP contribution in [0.25, 0.3) is 22.3 Å². The van der Waals surface area contributed by atoms with Crippen LogP contribution in [0.15, 0.2) is 37.2 Å². The summed E-state index contributed by atoms with van der Waals surface area (Å²) in [5.74, 6) is 0.407. The smallest absolute Gasteiger partial charge is 0.331 e. The molecule has 0 aliphatic rings. The Bertz CT molecular complexity index is 1320. The van der Waals surface area contributed by atoms with Crippen LogP contribution in [0.2, 0.25) is 0 Å². The molecule has 2 aromatic heterocycles. The molecule has 1 N–H and O–H groups in total. The molecule has 0 saturated heterocycles. The predicted octanol–water partition coefficient (Wildman–Crippen LogP) is 3.19. The molecule has 0 aliphatic carbocycles. The molecular weight excluding hydrogens is 486 g/mol. The summed E-state index contributed by atoms with van der Waals surface area (Å²) in [6.45, 7) is 4.48. The van der Waals surface area contributed by atoms with Gasteiger partial charge in [0.1, 0.15) is 11.3 Å². The molecule has 0 spiro atoms. The second kappa shape index (κ2) is 8.00. The average Bonchev–Trinajstić information content (AvgIpc) is 3.00.